The molecule has 0 unspecified atom stereocenters. The molecule has 0 bridgehead atoms. The van der Waals surface area contributed by atoms with E-state index in [1.165, 1.54) is 23.9 Å². The van der Waals surface area contributed by atoms with Gasteiger partial charge in [0.05, 0.1) is 5.69 Å². The number of thioether (sulfide) groups is 1. The van der Waals surface area contributed by atoms with Crippen LogP contribution in [-0.4, -0.2) is 33.2 Å². The van der Waals surface area contributed by atoms with Crippen molar-refractivity contribution in [3.63, 3.8) is 0 Å². The van der Waals surface area contributed by atoms with Crippen molar-refractivity contribution in [3.8, 4) is 0 Å². The van der Waals surface area contributed by atoms with E-state index >= 15 is 0 Å². The Hall–Kier alpha value is -2.67. The number of para-hydroxylation sites is 1. The van der Waals surface area contributed by atoms with E-state index in [1.807, 2.05) is 32.0 Å². The van der Waals surface area contributed by atoms with Gasteiger partial charge in [-0.15, -0.1) is 0 Å². The Morgan fingerprint density at radius 2 is 1.83 bits per heavy atom. The molecule has 4 rings (SSSR count). The van der Waals surface area contributed by atoms with Crippen LogP contribution in [0.15, 0.2) is 47.5 Å². The third kappa shape index (κ3) is 4.34. The van der Waals surface area contributed by atoms with Crippen LogP contribution in [0.1, 0.15) is 30.4 Å². The highest BCUT2D eigenvalue weighted by Crippen LogP contribution is 2.39. The first-order chi connectivity index (χ1) is 13.9. The number of nitrogens with one attached hydrogen (secondary N) is 1. The molecule has 0 aromatic heterocycles. The van der Waals surface area contributed by atoms with Crippen LogP contribution in [0, 0.1) is 19.7 Å². The van der Waals surface area contributed by atoms with Crippen LogP contribution < -0.4 is 5.32 Å². The minimum absolute atomic E-state index is 0.0741. The molecule has 1 saturated heterocycles. The molecule has 1 heterocycles. The van der Waals surface area contributed by atoms with Crippen LogP contribution in [0.5, 0.6) is 0 Å². The second-order valence-corrected chi connectivity index (χ2v) is 8.61. The average molecular weight is 412 g/mol. The lowest BCUT2D eigenvalue weighted by molar-refractivity contribution is -0.128. The van der Waals surface area contributed by atoms with Crippen molar-refractivity contribution in [2.45, 2.75) is 44.4 Å². The molecule has 1 aliphatic carbocycles. The van der Waals surface area contributed by atoms with E-state index in [9.17, 15) is 14.0 Å². The largest absolute Gasteiger partial charge is 0.326 e. The molecule has 1 N–H and O–H groups in total. The molecule has 2 aromatic rings. The van der Waals surface area contributed by atoms with Gasteiger partial charge in [0.15, 0.2) is 5.17 Å². The van der Waals surface area contributed by atoms with Gasteiger partial charge >= 0.3 is 0 Å². The van der Waals surface area contributed by atoms with Crippen LogP contribution in [0.2, 0.25) is 0 Å². The van der Waals surface area contributed by atoms with Crippen LogP contribution in [0.3, 0.4) is 0 Å². The number of benzene rings is 2. The molecule has 7 heteroatoms. The van der Waals surface area contributed by atoms with Crippen molar-refractivity contribution >= 4 is 40.1 Å². The van der Waals surface area contributed by atoms with Crippen molar-refractivity contribution in [2.75, 3.05) is 5.32 Å². The van der Waals surface area contributed by atoms with Crippen LogP contribution in [-0.2, 0) is 9.59 Å². The lowest BCUT2D eigenvalue weighted by Crippen LogP contribution is -2.35. The molecule has 2 fully saturated rings. The predicted octanol–water partition coefficient (Wildman–Crippen LogP) is 4.57. The number of hydrogen-bond donors (Lipinski definition) is 1. The number of aliphatic imine (C=N–C) groups is 1. The summed E-state index contributed by atoms with van der Waals surface area (Å²) in [4.78, 5) is 31.8. The first kappa shape index (κ1) is 19.6. The van der Waals surface area contributed by atoms with Gasteiger partial charge in [0.1, 0.15) is 11.1 Å². The Kier molecular flexibility index (Phi) is 5.41. The molecule has 150 valence electrons. The van der Waals surface area contributed by atoms with E-state index in [2.05, 4.69) is 10.3 Å². The maximum atomic E-state index is 13.2. The topological polar surface area (TPSA) is 61.8 Å². The molecule has 2 aliphatic rings. The first-order valence-corrected chi connectivity index (χ1v) is 10.5. The number of anilines is 1. The molecular weight excluding hydrogens is 389 g/mol. The predicted molar refractivity (Wildman–Crippen MR) is 114 cm³/mol. The lowest BCUT2D eigenvalue weighted by Gasteiger charge is -2.15. The third-order valence-corrected chi connectivity index (χ3v) is 6.20. The summed E-state index contributed by atoms with van der Waals surface area (Å²) >= 11 is 1.31. The number of rotatable bonds is 5. The SMILES string of the molecule is Cc1cccc(C)c1NC(=O)C[C@H]1SC(=Nc2ccc(F)cc2)N(C2CC2)C1=O. The van der Waals surface area contributed by atoms with Gasteiger partial charge in [-0.2, -0.15) is 0 Å². The number of amidine groups is 1. The Balaban J connectivity index is 1.50. The van der Waals surface area contributed by atoms with Gasteiger partial charge in [-0.3, -0.25) is 14.5 Å². The summed E-state index contributed by atoms with van der Waals surface area (Å²) in [7, 11) is 0. The van der Waals surface area contributed by atoms with Crippen molar-refractivity contribution in [1.29, 1.82) is 0 Å². The van der Waals surface area contributed by atoms with Gasteiger partial charge in [0.25, 0.3) is 0 Å². The summed E-state index contributed by atoms with van der Waals surface area (Å²) in [6.45, 7) is 3.89. The van der Waals surface area contributed by atoms with Gasteiger partial charge in [0.2, 0.25) is 11.8 Å². The van der Waals surface area contributed by atoms with E-state index in [-0.39, 0.29) is 30.1 Å². The van der Waals surface area contributed by atoms with Crippen molar-refractivity contribution in [1.82, 2.24) is 4.90 Å². The van der Waals surface area contributed by atoms with Gasteiger partial charge < -0.3 is 5.32 Å². The minimum atomic E-state index is -0.501. The summed E-state index contributed by atoms with van der Waals surface area (Å²) in [6, 6.07) is 11.8. The Labute approximate surface area is 173 Å². The van der Waals surface area contributed by atoms with Gasteiger partial charge in [0, 0.05) is 18.2 Å². The molecule has 5 nitrogen and oxygen atoms in total. The van der Waals surface area contributed by atoms with Gasteiger partial charge in [-0.05, 0) is 62.1 Å². The van der Waals surface area contributed by atoms with Crippen LogP contribution >= 0.6 is 11.8 Å². The zero-order valence-electron chi connectivity index (χ0n) is 16.3. The molecule has 2 aromatic carbocycles. The summed E-state index contributed by atoms with van der Waals surface area (Å²) in [5.74, 6) is -0.591. The molecule has 1 atom stereocenters. The zero-order valence-corrected chi connectivity index (χ0v) is 17.1. The average Bonchev–Trinajstić information content (AvgIpc) is 3.46. The fraction of sp³-hybridized carbons (Fsp3) is 0.318. The van der Waals surface area contributed by atoms with Crippen LogP contribution in [0.4, 0.5) is 15.8 Å². The quantitative estimate of drug-likeness (QED) is 0.784. The molecule has 2 amide bonds. The first-order valence-electron chi connectivity index (χ1n) is 9.62. The molecule has 0 spiro atoms. The van der Waals surface area contributed by atoms with E-state index in [0.29, 0.717) is 10.9 Å². The second-order valence-electron chi connectivity index (χ2n) is 7.44. The fourth-order valence-corrected chi connectivity index (χ4v) is 4.57. The number of carbonyl (C=O) groups excluding carboxylic acids is 2. The molecule has 29 heavy (non-hydrogen) atoms. The number of amides is 2. The van der Waals surface area contributed by atoms with E-state index < -0.39 is 5.25 Å². The van der Waals surface area contributed by atoms with Gasteiger partial charge in [-0.25, -0.2) is 9.38 Å². The normalized spacial score (nSPS) is 20.4. The lowest BCUT2D eigenvalue weighted by atomic mass is 10.1. The summed E-state index contributed by atoms with van der Waals surface area (Å²) in [6.07, 6.45) is 1.97. The Morgan fingerprint density at radius 1 is 1.17 bits per heavy atom. The third-order valence-electron chi connectivity index (χ3n) is 5.05. The molecular formula is C22H22FN3O2S. The smallest absolute Gasteiger partial charge is 0.242 e. The van der Waals surface area contributed by atoms with E-state index in [1.54, 1.807) is 17.0 Å². The summed E-state index contributed by atoms with van der Waals surface area (Å²) < 4.78 is 13.2. The van der Waals surface area contributed by atoms with E-state index in [0.717, 1.165) is 29.7 Å². The summed E-state index contributed by atoms with van der Waals surface area (Å²) in [5.41, 5.74) is 3.36. The van der Waals surface area contributed by atoms with Crippen molar-refractivity contribution < 1.29 is 14.0 Å². The summed E-state index contributed by atoms with van der Waals surface area (Å²) in [5, 5.41) is 3.04. The molecule has 1 saturated carbocycles. The number of halogens is 1. The maximum absolute atomic E-state index is 13.2. The van der Waals surface area contributed by atoms with E-state index in [4.69, 9.17) is 0 Å². The zero-order chi connectivity index (χ0) is 20.5. The number of carbonyl (C=O) groups is 2. The Bertz CT molecular complexity index is 966. The number of aryl methyl sites for hydroxylation is 2. The minimum Gasteiger partial charge on any atom is -0.326 e. The Morgan fingerprint density at radius 3 is 2.45 bits per heavy atom. The standard InChI is InChI=1S/C22H22FN3O2S/c1-13-4-3-5-14(2)20(13)25-19(27)12-18-21(28)26(17-10-11-17)22(29-18)24-16-8-6-15(23)7-9-16/h3-9,17-18H,10-12H2,1-2H3,(H,25,27)/t18-/m1/s1. The highest BCUT2D eigenvalue weighted by molar-refractivity contribution is 8.15. The molecule has 1 aliphatic heterocycles. The number of hydrogen-bond acceptors (Lipinski definition) is 4. The number of nitrogens with zero attached hydrogens (tertiary/aromatic N) is 2. The van der Waals surface area contributed by atoms with Crippen molar-refractivity contribution in [2.24, 2.45) is 4.99 Å². The molecule has 0 radical (unpaired) electrons. The maximum Gasteiger partial charge on any atom is 0.242 e. The highest BCUT2D eigenvalue weighted by Gasteiger charge is 2.46. The van der Waals surface area contributed by atoms with Crippen LogP contribution in [0.25, 0.3) is 0 Å². The monoisotopic (exact) mass is 411 g/mol. The van der Waals surface area contributed by atoms with Gasteiger partial charge in [-0.1, -0.05) is 30.0 Å². The van der Waals surface area contributed by atoms with Crippen molar-refractivity contribution in [3.05, 3.63) is 59.4 Å². The highest BCUT2D eigenvalue weighted by atomic mass is 32.2. The second kappa shape index (κ2) is 7.99. The fourth-order valence-electron chi connectivity index (χ4n) is 3.36.